The zero-order valence-electron chi connectivity index (χ0n) is 6.89. The molecule has 1 atom stereocenters. The third kappa shape index (κ3) is 2.81. The highest BCUT2D eigenvalue weighted by molar-refractivity contribution is 6.25. The highest BCUT2D eigenvalue weighted by Crippen LogP contribution is 2.09. The molecule has 1 saturated heterocycles. The summed E-state index contributed by atoms with van der Waals surface area (Å²) < 4.78 is 0. The van der Waals surface area contributed by atoms with E-state index in [4.69, 9.17) is 17.3 Å². The normalized spacial score (nSPS) is 27.9. The van der Waals surface area contributed by atoms with Gasteiger partial charge in [0.1, 0.15) is 0 Å². The van der Waals surface area contributed by atoms with Crippen LogP contribution < -0.4 is 5.73 Å². The van der Waals surface area contributed by atoms with Crippen LogP contribution in [0.3, 0.4) is 0 Å². The summed E-state index contributed by atoms with van der Waals surface area (Å²) >= 11 is 5.55. The number of likely N-dealkylation sites (tertiary alicyclic amines) is 1. The second-order valence-corrected chi connectivity index (χ2v) is 3.46. The molecule has 0 bridgehead atoms. The average Bonchev–Trinajstić information content (AvgIpc) is 2.35. The third-order valence-corrected chi connectivity index (χ3v) is 2.34. The van der Waals surface area contributed by atoms with Gasteiger partial charge in [0.25, 0.3) is 0 Å². The van der Waals surface area contributed by atoms with E-state index >= 15 is 0 Å². The van der Waals surface area contributed by atoms with Crippen molar-refractivity contribution >= 4 is 11.6 Å². The summed E-state index contributed by atoms with van der Waals surface area (Å²) in [6.45, 7) is 5.14. The van der Waals surface area contributed by atoms with E-state index in [9.17, 15) is 0 Å². The Morgan fingerprint density at radius 2 is 2.55 bits per heavy atom. The molecule has 0 unspecified atom stereocenters. The van der Waals surface area contributed by atoms with Gasteiger partial charge in [0, 0.05) is 31.2 Å². The van der Waals surface area contributed by atoms with E-state index in [1.807, 2.05) is 6.92 Å². The van der Waals surface area contributed by atoms with Crippen LogP contribution >= 0.6 is 11.6 Å². The van der Waals surface area contributed by atoms with Crippen LogP contribution in [0.2, 0.25) is 0 Å². The molecular weight excluding hydrogens is 160 g/mol. The van der Waals surface area contributed by atoms with Crippen molar-refractivity contribution in [1.82, 2.24) is 4.90 Å². The first-order chi connectivity index (χ1) is 5.22. The van der Waals surface area contributed by atoms with Crippen molar-refractivity contribution in [2.24, 2.45) is 5.73 Å². The SMILES string of the molecule is C/C(=C\Cl)CN1CC[C@@H](N)C1. The van der Waals surface area contributed by atoms with Crippen LogP contribution in [0, 0.1) is 0 Å². The number of hydrogen-bond acceptors (Lipinski definition) is 2. The molecule has 0 amide bonds. The number of hydrogen-bond donors (Lipinski definition) is 1. The Labute approximate surface area is 73.0 Å². The average molecular weight is 175 g/mol. The minimum Gasteiger partial charge on any atom is -0.326 e. The summed E-state index contributed by atoms with van der Waals surface area (Å²) in [7, 11) is 0. The second-order valence-electron chi connectivity index (χ2n) is 3.24. The molecule has 1 heterocycles. The van der Waals surface area contributed by atoms with Crippen LogP contribution in [0.1, 0.15) is 13.3 Å². The van der Waals surface area contributed by atoms with Gasteiger partial charge in [-0.3, -0.25) is 4.90 Å². The maximum Gasteiger partial charge on any atom is 0.0202 e. The van der Waals surface area contributed by atoms with Gasteiger partial charge in [-0.1, -0.05) is 11.6 Å². The van der Waals surface area contributed by atoms with Crippen LogP contribution in [0.4, 0.5) is 0 Å². The van der Waals surface area contributed by atoms with Crippen LogP contribution in [0.15, 0.2) is 11.1 Å². The van der Waals surface area contributed by atoms with Crippen LogP contribution in [0.25, 0.3) is 0 Å². The van der Waals surface area contributed by atoms with E-state index in [0.717, 1.165) is 26.1 Å². The zero-order chi connectivity index (χ0) is 8.27. The van der Waals surface area contributed by atoms with E-state index in [0.29, 0.717) is 6.04 Å². The third-order valence-electron chi connectivity index (χ3n) is 1.97. The Hall–Kier alpha value is -0.0500. The molecule has 0 spiro atoms. The summed E-state index contributed by atoms with van der Waals surface area (Å²) in [4.78, 5) is 2.33. The molecular formula is C8H15ClN2. The molecule has 1 rings (SSSR count). The van der Waals surface area contributed by atoms with Crippen molar-refractivity contribution < 1.29 is 0 Å². The summed E-state index contributed by atoms with van der Waals surface area (Å²) in [5.74, 6) is 0. The van der Waals surface area contributed by atoms with Gasteiger partial charge in [-0.15, -0.1) is 0 Å². The molecule has 1 aliphatic rings. The van der Waals surface area contributed by atoms with Gasteiger partial charge in [0.05, 0.1) is 0 Å². The molecule has 0 aromatic heterocycles. The number of halogens is 1. The van der Waals surface area contributed by atoms with Gasteiger partial charge in [-0.05, 0) is 18.9 Å². The highest BCUT2D eigenvalue weighted by atomic mass is 35.5. The lowest BCUT2D eigenvalue weighted by Crippen LogP contribution is -2.27. The van der Waals surface area contributed by atoms with Gasteiger partial charge in [0.2, 0.25) is 0 Å². The number of rotatable bonds is 2. The number of nitrogens with zero attached hydrogens (tertiary/aromatic N) is 1. The number of nitrogens with two attached hydrogens (primary N) is 1. The standard InChI is InChI=1S/C8H15ClN2/c1-7(4-9)5-11-3-2-8(10)6-11/h4,8H,2-3,5-6,10H2,1H3/b7-4+/t8-/m1/s1. The van der Waals surface area contributed by atoms with Gasteiger partial charge in [-0.2, -0.15) is 0 Å². The molecule has 64 valence electrons. The first-order valence-electron chi connectivity index (χ1n) is 3.96. The second kappa shape index (κ2) is 4.10. The topological polar surface area (TPSA) is 29.3 Å². The molecule has 0 saturated carbocycles. The monoisotopic (exact) mass is 174 g/mol. The molecule has 0 aliphatic carbocycles. The van der Waals surface area contributed by atoms with E-state index in [1.165, 1.54) is 5.57 Å². The van der Waals surface area contributed by atoms with Gasteiger partial charge >= 0.3 is 0 Å². The van der Waals surface area contributed by atoms with Crippen molar-refractivity contribution in [2.75, 3.05) is 19.6 Å². The van der Waals surface area contributed by atoms with Crippen LogP contribution in [-0.4, -0.2) is 30.6 Å². The van der Waals surface area contributed by atoms with E-state index < -0.39 is 0 Å². The molecule has 1 aliphatic heterocycles. The summed E-state index contributed by atoms with van der Waals surface area (Å²) in [5.41, 5.74) is 8.60. The molecule has 0 aromatic carbocycles. The predicted octanol–water partition coefficient (Wildman–Crippen LogP) is 1.16. The zero-order valence-corrected chi connectivity index (χ0v) is 7.64. The Morgan fingerprint density at radius 1 is 1.82 bits per heavy atom. The van der Waals surface area contributed by atoms with E-state index in [-0.39, 0.29) is 0 Å². The van der Waals surface area contributed by atoms with E-state index in [1.54, 1.807) is 5.54 Å². The van der Waals surface area contributed by atoms with Crippen LogP contribution in [0.5, 0.6) is 0 Å². The fourth-order valence-electron chi connectivity index (χ4n) is 1.39. The lowest BCUT2D eigenvalue weighted by molar-refractivity contribution is 0.363. The maximum absolute atomic E-state index is 5.75. The van der Waals surface area contributed by atoms with Crippen molar-refractivity contribution in [2.45, 2.75) is 19.4 Å². The van der Waals surface area contributed by atoms with Gasteiger partial charge in [-0.25, -0.2) is 0 Å². The minimum atomic E-state index is 0.373. The first-order valence-corrected chi connectivity index (χ1v) is 4.40. The van der Waals surface area contributed by atoms with Crippen molar-refractivity contribution in [1.29, 1.82) is 0 Å². The quantitative estimate of drug-likeness (QED) is 0.681. The molecule has 0 radical (unpaired) electrons. The molecule has 2 N–H and O–H groups in total. The van der Waals surface area contributed by atoms with Crippen molar-refractivity contribution in [3.8, 4) is 0 Å². The lowest BCUT2D eigenvalue weighted by Gasteiger charge is -2.14. The molecule has 3 heteroatoms. The van der Waals surface area contributed by atoms with Gasteiger partial charge < -0.3 is 5.73 Å². The summed E-state index contributed by atoms with van der Waals surface area (Å²) in [6.07, 6.45) is 1.12. The Bertz CT molecular complexity index is 156. The fraction of sp³-hybridized carbons (Fsp3) is 0.750. The van der Waals surface area contributed by atoms with Crippen LogP contribution in [-0.2, 0) is 0 Å². The minimum absolute atomic E-state index is 0.373. The highest BCUT2D eigenvalue weighted by Gasteiger charge is 2.18. The van der Waals surface area contributed by atoms with E-state index in [2.05, 4.69) is 4.90 Å². The molecule has 2 nitrogen and oxygen atoms in total. The summed E-state index contributed by atoms with van der Waals surface area (Å²) in [6, 6.07) is 0.373. The smallest absolute Gasteiger partial charge is 0.0202 e. The predicted molar refractivity (Wildman–Crippen MR) is 48.6 cm³/mol. The van der Waals surface area contributed by atoms with Crippen molar-refractivity contribution in [3.63, 3.8) is 0 Å². The molecule has 1 fully saturated rings. The first kappa shape index (κ1) is 9.04. The Kier molecular flexibility index (Phi) is 3.37. The van der Waals surface area contributed by atoms with Gasteiger partial charge in [0.15, 0.2) is 0 Å². The Balaban J connectivity index is 2.28. The summed E-state index contributed by atoms with van der Waals surface area (Å²) in [5, 5.41) is 0. The molecule has 0 aromatic rings. The largest absolute Gasteiger partial charge is 0.326 e. The Morgan fingerprint density at radius 3 is 3.00 bits per heavy atom. The maximum atomic E-state index is 5.75. The fourth-order valence-corrected chi connectivity index (χ4v) is 1.46. The van der Waals surface area contributed by atoms with Crippen molar-refractivity contribution in [3.05, 3.63) is 11.1 Å². The molecule has 11 heavy (non-hydrogen) atoms. The lowest BCUT2D eigenvalue weighted by atomic mass is 10.3.